The van der Waals surface area contributed by atoms with Crippen LogP contribution in [-0.2, 0) is 11.0 Å². The molecule has 2 amide bonds. The molecule has 0 radical (unpaired) electrons. The summed E-state index contributed by atoms with van der Waals surface area (Å²) in [5.41, 5.74) is -1.53. The van der Waals surface area contributed by atoms with E-state index in [1.54, 1.807) is 24.3 Å². The molecular weight excluding hydrogens is 453 g/mol. The number of amides is 2. The number of furan rings is 1. The standard InChI is InChI=1S/C21H16ClF3N2O3S/c22-13-3-6-15(7-4-13)31-11-9-19(28)27-17-8-5-14(12-16(17)21(23,24)25)26-20(29)18-2-1-10-30-18/h1-8,10,12H,9,11H2,(H,26,29)(H,27,28). The van der Waals surface area contributed by atoms with E-state index < -0.39 is 23.6 Å². The second kappa shape index (κ2) is 9.93. The predicted octanol–water partition coefficient (Wildman–Crippen LogP) is 6.33. The molecule has 0 atom stereocenters. The van der Waals surface area contributed by atoms with Crippen molar-refractivity contribution < 1.29 is 27.2 Å². The van der Waals surface area contributed by atoms with E-state index in [-0.39, 0.29) is 23.6 Å². The summed E-state index contributed by atoms with van der Waals surface area (Å²) < 4.78 is 45.4. The lowest BCUT2D eigenvalue weighted by Gasteiger charge is -2.15. The molecule has 3 rings (SSSR count). The summed E-state index contributed by atoms with van der Waals surface area (Å²) in [6, 6.07) is 13.0. The number of rotatable bonds is 7. The summed E-state index contributed by atoms with van der Waals surface area (Å²) in [7, 11) is 0. The van der Waals surface area contributed by atoms with Crippen LogP contribution in [0.5, 0.6) is 0 Å². The molecule has 0 saturated heterocycles. The first-order valence-corrected chi connectivity index (χ1v) is 10.3. The number of thioether (sulfide) groups is 1. The van der Waals surface area contributed by atoms with Crippen molar-refractivity contribution in [2.75, 3.05) is 16.4 Å². The Labute approximate surface area is 185 Å². The Balaban J connectivity index is 1.64. The Kier molecular flexibility index (Phi) is 7.29. The summed E-state index contributed by atoms with van der Waals surface area (Å²) in [5.74, 6) is -0.899. The van der Waals surface area contributed by atoms with Crippen LogP contribution in [0, 0.1) is 0 Å². The monoisotopic (exact) mass is 468 g/mol. The molecule has 0 fully saturated rings. The SMILES string of the molecule is O=C(CCSc1ccc(Cl)cc1)Nc1ccc(NC(=O)c2ccco2)cc1C(F)(F)F. The zero-order valence-corrected chi connectivity index (χ0v) is 17.4. The molecule has 2 aromatic carbocycles. The van der Waals surface area contributed by atoms with Gasteiger partial charge in [0.05, 0.1) is 17.5 Å². The highest BCUT2D eigenvalue weighted by Crippen LogP contribution is 2.37. The molecule has 0 unspecified atom stereocenters. The zero-order chi connectivity index (χ0) is 22.4. The number of carbonyl (C=O) groups excluding carboxylic acids is 2. The molecule has 31 heavy (non-hydrogen) atoms. The van der Waals surface area contributed by atoms with Gasteiger partial charge in [-0.25, -0.2) is 0 Å². The number of alkyl halides is 3. The summed E-state index contributed by atoms with van der Waals surface area (Å²) in [5, 5.41) is 5.22. The van der Waals surface area contributed by atoms with Crippen LogP contribution in [0.25, 0.3) is 0 Å². The lowest BCUT2D eigenvalue weighted by molar-refractivity contribution is -0.136. The van der Waals surface area contributed by atoms with Gasteiger partial charge in [0.2, 0.25) is 5.91 Å². The Morgan fingerprint density at radius 2 is 1.77 bits per heavy atom. The first kappa shape index (κ1) is 22.8. The van der Waals surface area contributed by atoms with Crippen LogP contribution in [0.15, 0.2) is 70.2 Å². The maximum Gasteiger partial charge on any atom is 0.418 e. The minimum Gasteiger partial charge on any atom is -0.459 e. The van der Waals surface area contributed by atoms with E-state index in [1.807, 2.05) is 0 Å². The Morgan fingerprint density at radius 1 is 1.03 bits per heavy atom. The fraction of sp³-hybridized carbons (Fsp3) is 0.143. The van der Waals surface area contributed by atoms with Crippen LogP contribution in [0.3, 0.4) is 0 Å². The topological polar surface area (TPSA) is 71.3 Å². The molecule has 1 aromatic heterocycles. The van der Waals surface area contributed by atoms with Gasteiger partial charge in [0.1, 0.15) is 0 Å². The first-order valence-electron chi connectivity index (χ1n) is 8.97. The second-order valence-electron chi connectivity index (χ2n) is 6.29. The van der Waals surface area contributed by atoms with Gasteiger partial charge in [-0.1, -0.05) is 11.6 Å². The van der Waals surface area contributed by atoms with Crippen LogP contribution in [-0.4, -0.2) is 17.6 Å². The molecule has 1 heterocycles. The highest BCUT2D eigenvalue weighted by Gasteiger charge is 2.34. The number of carbonyl (C=O) groups is 2. The lowest BCUT2D eigenvalue weighted by atomic mass is 10.1. The molecule has 0 bridgehead atoms. The van der Waals surface area contributed by atoms with Crippen molar-refractivity contribution in [3.05, 3.63) is 77.2 Å². The fourth-order valence-corrected chi connectivity index (χ4v) is 3.55. The van der Waals surface area contributed by atoms with E-state index in [2.05, 4.69) is 10.6 Å². The van der Waals surface area contributed by atoms with Gasteiger partial charge in [-0.05, 0) is 54.6 Å². The van der Waals surface area contributed by atoms with E-state index in [1.165, 1.54) is 36.2 Å². The Morgan fingerprint density at radius 3 is 2.42 bits per heavy atom. The molecular formula is C21H16ClF3N2O3S. The molecule has 5 nitrogen and oxygen atoms in total. The van der Waals surface area contributed by atoms with Gasteiger partial charge in [-0.3, -0.25) is 9.59 Å². The zero-order valence-electron chi connectivity index (χ0n) is 15.8. The number of nitrogens with one attached hydrogen (secondary N) is 2. The van der Waals surface area contributed by atoms with Gasteiger partial charge in [-0.2, -0.15) is 13.2 Å². The van der Waals surface area contributed by atoms with Crippen molar-refractivity contribution in [2.24, 2.45) is 0 Å². The minimum atomic E-state index is -4.73. The molecule has 2 N–H and O–H groups in total. The predicted molar refractivity (Wildman–Crippen MR) is 114 cm³/mol. The van der Waals surface area contributed by atoms with Crippen LogP contribution < -0.4 is 10.6 Å². The van der Waals surface area contributed by atoms with E-state index in [0.717, 1.165) is 17.0 Å². The van der Waals surface area contributed by atoms with Crippen LogP contribution in [0.4, 0.5) is 24.5 Å². The third-order valence-corrected chi connectivity index (χ3v) is 5.28. The molecule has 0 aliphatic rings. The first-order chi connectivity index (χ1) is 14.7. The fourth-order valence-electron chi connectivity index (χ4n) is 2.57. The molecule has 3 aromatic rings. The average molecular weight is 469 g/mol. The summed E-state index contributed by atoms with van der Waals surface area (Å²) in [6.07, 6.45) is -3.44. The van der Waals surface area contributed by atoms with E-state index in [0.29, 0.717) is 10.8 Å². The van der Waals surface area contributed by atoms with Crippen LogP contribution >= 0.6 is 23.4 Å². The van der Waals surface area contributed by atoms with Crippen LogP contribution in [0.2, 0.25) is 5.02 Å². The quantitative estimate of drug-likeness (QED) is 0.398. The molecule has 0 saturated carbocycles. The normalized spacial score (nSPS) is 11.2. The largest absolute Gasteiger partial charge is 0.459 e. The van der Waals surface area contributed by atoms with Crippen molar-refractivity contribution in [3.8, 4) is 0 Å². The number of anilines is 2. The van der Waals surface area contributed by atoms with Gasteiger partial charge < -0.3 is 15.1 Å². The number of benzene rings is 2. The Hall–Kier alpha value is -2.91. The van der Waals surface area contributed by atoms with E-state index >= 15 is 0 Å². The van der Waals surface area contributed by atoms with Crippen molar-refractivity contribution in [2.45, 2.75) is 17.5 Å². The average Bonchev–Trinajstić information content (AvgIpc) is 3.25. The van der Waals surface area contributed by atoms with Crippen molar-refractivity contribution in [3.63, 3.8) is 0 Å². The smallest absolute Gasteiger partial charge is 0.418 e. The number of hydrogen-bond acceptors (Lipinski definition) is 4. The number of halogens is 4. The minimum absolute atomic E-state index is 0.0154. The molecule has 0 aliphatic heterocycles. The van der Waals surface area contributed by atoms with Gasteiger partial charge in [0.25, 0.3) is 5.91 Å². The third kappa shape index (κ3) is 6.53. The van der Waals surface area contributed by atoms with Gasteiger partial charge in [0.15, 0.2) is 5.76 Å². The molecule has 162 valence electrons. The van der Waals surface area contributed by atoms with Gasteiger partial charge in [-0.15, -0.1) is 11.8 Å². The third-order valence-electron chi connectivity index (χ3n) is 4.01. The van der Waals surface area contributed by atoms with Crippen molar-refractivity contribution >= 4 is 46.6 Å². The van der Waals surface area contributed by atoms with Crippen molar-refractivity contribution in [1.82, 2.24) is 0 Å². The van der Waals surface area contributed by atoms with Gasteiger partial charge >= 0.3 is 6.18 Å². The van der Waals surface area contributed by atoms with Crippen LogP contribution in [0.1, 0.15) is 22.5 Å². The second-order valence-corrected chi connectivity index (χ2v) is 7.89. The highest BCUT2D eigenvalue weighted by molar-refractivity contribution is 7.99. The summed E-state index contributed by atoms with van der Waals surface area (Å²) in [6.45, 7) is 0. The molecule has 10 heteroatoms. The lowest BCUT2D eigenvalue weighted by Crippen LogP contribution is -2.18. The Bertz CT molecular complexity index is 1050. The molecule has 0 spiro atoms. The van der Waals surface area contributed by atoms with E-state index in [4.69, 9.17) is 16.0 Å². The maximum absolute atomic E-state index is 13.5. The number of hydrogen-bond donors (Lipinski definition) is 2. The van der Waals surface area contributed by atoms with Crippen molar-refractivity contribution in [1.29, 1.82) is 0 Å². The van der Waals surface area contributed by atoms with E-state index in [9.17, 15) is 22.8 Å². The summed E-state index contributed by atoms with van der Waals surface area (Å²) >= 11 is 7.20. The maximum atomic E-state index is 13.5. The highest BCUT2D eigenvalue weighted by atomic mass is 35.5. The summed E-state index contributed by atoms with van der Waals surface area (Å²) in [4.78, 5) is 25.0. The van der Waals surface area contributed by atoms with Gasteiger partial charge in [0, 0.05) is 27.8 Å². The molecule has 0 aliphatic carbocycles.